The van der Waals surface area contributed by atoms with E-state index in [-0.39, 0.29) is 11.9 Å². The standard InChI is InChI=1S/C16H23N3O/c1-5-9-19(10-6-2)13(4)16(20)18-14-8-7-12(3)15(17)11-14/h5-8,11,13H,1-2,9-10,17H2,3-4H3,(H,18,20). The highest BCUT2D eigenvalue weighted by Crippen LogP contribution is 2.17. The van der Waals surface area contributed by atoms with E-state index >= 15 is 0 Å². The van der Waals surface area contributed by atoms with Gasteiger partial charge in [-0.3, -0.25) is 9.69 Å². The lowest BCUT2D eigenvalue weighted by molar-refractivity contribution is -0.120. The SMILES string of the molecule is C=CCN(CC=C)C(C)C(=O)Nc1ccc(C)c(N)c1. The van der Waals surface area contributed by atoms with Gasteiger partial charge in [0, 0.05) is 24.5 Å². The van der Waals surface area contributed by atoms with Gasteiger partial charge in [-0.1, -0.05) is 18.2 Å². The molecule has 0 fully saturated rings. The molecule has 0 bridgehead atoms. The van der Waals surface area contributed by atoms with Crippen LogP contribution in [0.3, 0.4) is 0 Å². The minimum Gasteiger partial charge on any atom is -0.398 e. The molecule has 4 heteroatoms. The zero-order valence-corrected chi connectivity index (χ0v) is 12.2. The van der Waals surface area contributed by atoms with Crippen molar-refractivity contribution in [2.75, 3.05) is 24.1 Å². The monoisotopic (exact) mass is 273 g/mol. The number of aryl methyl sites for hydroxylation is 1. The van der Waals surface area contributed by atoms with Crippen LogP contribution in [0.2, 0.25) is 0 Å². The Morgan fingerprint density at radius 3 is 2.50 bits per heavy atom. The summed E-state index contributed by atoms with van der Waals surface area (Å²) in [5.41, 5.74) is 8.22. The van der Waals surface area contributed by atoms with Crippen LogP contribution in [-0.2, 0) is 4.79 Å². The number of nitrogens with two attached hydrogens (primary N) is 1. The van der Waals surface area contributed by atoms with E-state index in [1.165, 1.54) is 0 Å². The highest BCUT2D eigenvalue weighted by Gasteiger charge is 2.19. The van der Waals surface area contributed by atoms with Crippen molar-refractivity contribution < 1.29 is 4.79 Å². The average Bonchev–Trinajstić information content (AvgIpc) is 2.42. The number of carbonyl (C=O) groups excluding carboxylic acids is 1. The summed E-state index contributed by atoms with van der Waals surface area (Å²) in [6, 6.07) is 5.24. The molecule has 20 heavy (non-hydrogen) atoms. The maximum atomic E-state index is 12.2. The number of benzene rings is 1. The van der Waals surface area contributed by atoms with E-state index in [2.05, 4.69) is 18.5 Å². The Kier molecular flexibility index (Phi) is 6.00. The first-order chi connectivity index (χ1) is 9.49. The molecule has 1 aromatic carbocycles. The van der Waals surface area contributed by atoms with Crippen molar-refractivity contribution >= 4 is 17.3 Å². The van der Waals surface area contributed by atoms with Gasteiger partial charge in [0.2, 0.25) is 5.91 Å². The van der Waals surface area contributed by atoms with Gasteiger partial charge in [-0.25, -0.2) is 0 Å². The van der Waals surface area contributed by atoms with Crippen LogP contribution in [0.15, 0.2) is 43.5 Å². The normalized spacial score (nSPS) is 11.9. The van der Waals surface area contributed by atoms with Crippen molar-refractivity contribution in [2.24, 2.45) is 0 Å². The third-order valence-electron chi connectivity index (χ3n) is 3.20. The van der Waals surface area contributed by atoms with Crippen molar-refractivity contribution in [1.82, 2.24) is 4.90 Å². The molecule has 0 saturated heterocycles. The molecule has 0 heterocycles. The summed E-state index contributed by atoms with van der Waals surface area (Å²) < 4.78 is 0. The lowest BCUT2D eigenvalue weighted by Crippen LogP contribution is -2.42. The zero-order valence-electron chi connectivity index (χ0n) is 12.2. The predicted octanol–water partition coefficient (Wildman–Crippen LogP) is 2.58. The number of nitrogens with zero attached hydrogens (tertiary/aromatic N) is 1. The molecule has 0 aliphatic rings. The average molecular weight is 273 g/mol. The van der Waals surface area contributed by atoms with Gasteiger partial charge in [-0.2, -0.15) is 0 Å². The van der Waals surface area contributed by atoms with Crippen LogP contribution in [0.5, 0.6) is 0 Å². The first kappa shape index (κ1) is 16.0. The van der Waals surface area contributed by atoms with Crippen molar-refractivity contribution in [3.05, 3.63) is 49.1 Å². The molecule has 0 saturated carbocycles. The van der Waals surface area contributed by atoms with E-state index < -0.39 is 0 Å². The molecule has 1 aromatic rings. The summed E-state index contributed by atoms with van der Waals surface area (Å²) in [4.78, 5) is 14.2. The van der Waals surface area contributed by atoms with Gasteiger partial charge in [0.15, 0.2) is 0 Å². The second-order valence-electron chi connectivity index (χ2n) is 4.77. The number of nitrogens with one attached hydrogen (secondary N) is 1. The molecule has 0 spiro atoms. The summed E-state index contributed by atoms with van der Waals surface area (Å²) in [7, 11) is 0. The highest BCUT2D eigenvalue weighted by atomic mass is 16.2. The number of carbonyl (C=O) groups is 1. The third-order valence-corrected chi connectivity index (χ3v) is 3.20. The Hall–Kier alpha value is -2.07. The Balaban J connectivity index is 2.75. The Morgan fingerprint density at radius 1 is 1.40 bits per heavy atom. The number of anilines is 2. The minimum atomic E-state index is -0.270. The summed E-state index contributed by atoms with van der Waals surface area (Å²) in [6.45, 7) is 12.5. The van der Waals surface area contributed by atoms with Crippen molar-refractivity contribution in [3.8, 4) is 0 Å². The fourth-order valence-corrected chi connectivity index (χ4v) is 1.85. The van der Waals surface area contributed by atoms with Gasteiger partial charge >= 0.3 is 0 Å². The second kappa shape index (κ2) is 7.50. The first-order valence-corrected chi connectivity index (χ1v) is 6.62. The molecule has 0 aliphatic carbocycles. The largest absolute Gasteiger partial charge is 0.398 e. The molecule has 3 N–H and O–H groups in total. The van der Waals surface area contributed by atoms with E-state index in [4.69, 9.17) is 5.73 Å². The Labute approximate surface area is 121 Å². The van der Waals surface area contributed by atoms with Crippen LogP contribution in [0.4, 0.5) is 11.4 Å². The van der Waals surface area contributed by atoms with Gasteiger partial charge in [0.1, 0.15) is 0 Å². The predicted molar refractivity (Wildman–Crippen MR) is 85.7 cm³/mol. The van der Waals surface area contributed by atoms with Crippen molar-refractivity contribution in [3.63, 3.8) is 0 Å². The lowest BCUT2D eigenvalue weighted by Gasteiger charge is -2.25. The minimum absolute atomic E-state index is 0.0723. The maximum absolute atomic E-state index is 12.2. The molecule has 4 nitrogen and oxygen atoms in total. The third kappa shape index (κ3) is 4.24. The van der Waals surface area contributed by atoms with E-state index in [0.717, 1.165) is 5.56 Å². The molecule has 1 rings (SSSR count). The van der Waals surface area contributed by atoms with E-state index in [0.29, 0.717) is 24.5 Å². The lowest BCUT2D eigenvalue weighted by atomic mass is 10.1. The first-order valence-electron chi connectivity index (χ1n) is 6.62. The van der Waals surface area contributed by atoms with Gasteiger partial charge in [0.05, 0.1) is 6.04 Å². The summed E-state index contributed by atoms with van der Waals surface area (Å²) in [5, 5.41) is 2.88. The topological polar surface area (TPSA) is 58.4 Å². The number of hydrogen-bond acceptors (Lipinski definition) is 3. The van der Waals surface area contributed by atoms with Gasteiger partial charge in [0.25, 0.3) is 0 Å². The van der Waals surface area contributed by atoms with Crippen LogP contribution >= 0.6 is 0 Å². The summed E-state index contributed by atoms with van der Waals surface area (Å²) >= 11 is 0. The molecule has 0 radical (unpaired) electrons. The Bertz CT molecular complexity index is 486. The van der Waals surface area contributed by atoms with Crippen LogP contribution < -0.4 is 11.1 Å². The van der Waals surface area contributed by atoms with Crippen LogP contribution in [0, 0.1) is 6.92 Å². The molecular formula is C16H23N3O. The van der Waals surface area contributed by atoms with Gasteiger partial charge < -0.3 is 11.1 Å². The highest BCUT2D eigenvalue weighted by molar-refractivity contribution is 5.95. The summed E-state index contributed by atoms with van der Waals surface area (Å²) in [6.07, 6.45) is 3.55. The maximum Gasteiger partial charge on any atom is 0.241 e. The van der Waals surface area contributed by atoms with Crippen LogP contribution in [0.25, 0.3) is 0 Å². The molecule has 1 amide bonds. The van der Waals surface area contributed by atoms with Crippen LogP contribution in [0.1, 0.15) is 12.5 Å². The number of hydrogen-bond donors (Lipinski definition) is 2. The quantitative estimate of drug-likeness (QED) is 0.593. The fourth-order valence-electron chi connectivity index (χ4n) is 1.85. The number of amides is 1. The van der Waals surface area contributed by atoms with Crippen LogP contribution in [-0.4, -0.2) is 29.9 Å². The van der Waals surface area contributed by atoms with Gasteiger partial charge in [-0.15, -0.1) is 13.2 Å². The Morgan fingerprint density at radius 2 is 2.00 bits per heavy atom. The molecule has 1 unspecified atom stereocenters. The fraction of sp³-hybridized carbons (Fsp3) is 0.312. The van der Waals surface area contributed by atoms with Crippen molar-refractivity contribution in [2.45, 2.75) is 19.9 Å². The van der Waals surface area contributed by atoms with Crippen molar-refractivity contribution in [1.29, 1.82) is 0 Å². The van der Waals surface area contributed by atoms with E-state index in [1.54, 1.807) is 18.2 Å². The molecule has 0 aromatic heterocycles. The second-order valence-corrected chi connectivity index (χ2v) is 4.77. The molecule has 0 aliphatic heterocycles. The molecular weight excluding hydrogens is 250 g/mol. The van der Waals surface area contributed by atoms with Gasteiger partial charge in [-0.05, 0) is 31.5 Å². The number of rotatable bonds is 7. The molecule has 108 valence electrons. The van der Waals surface area contributed by atoms with E-state index in [1.807, 2.05) is 30.9 Å². The summed E-state index contributed by atoms with van der Waals surface area (Å²) in [5.74, 6) is -0.0723. The van der Waals surface area contributed by atoms with E-state index in [9.17, 15) is 4.79 Å². The number of nitrogen functional groups attached to an aromatic ring is 1. The smallest absolute Gasteiger partial charge is 0.241 e. The zero-order chi connectivity index (χ0) is 15.1. The molecule has 1 atom stereocenters.